The number of aromatic nitrogens is 4. The van der Waals surface area contributed by atoms with Crippen LogP contribution < -0.4 is 4.74 Å². The second-order valence-electron chi connectivity index (χ2n) is 7.83. The molecule has 2 heterocycles. The van der Waals surface area contributed by atoms with Crippen molar-refractivity contribution in [2.45, 2.75) is 19.3 Å². The zero-order valence-corrected chi connectivity index (χ0v) is 18.9. The molecule has 0 atom stereocenters. The maximum atomic E-state index is 13.3. The minimum atomic E-state index is -0.0712. The van der Waals surface area contributed by atoms with Crippen molar-refractivity contribution in [2.24, 2.45) is 0 Å². The van der Waals surface area contributed by atoms with Crippen LogP contribution in [0.3, 0.4) is 0 Å². The van der Waals surface area contributed by atoms with Crippen LogP contribution in [0.5, 0.6) is 5.75 Å². The fraction of sp³-hybridized carbons (Fsp3) is 0.391. The Morgan fingerprint density at radius 2 is 1.97 bits per heavy atom. The van der Waals surface area contributed by atoms with E-state index in [0.29, 0.717) is 35.1 Å². The maximum Gasteiger partial charge on any atom is 0.257 e. The number of carbonyl (C=O) groups is 1. The van der Waals surface area contributed by atoms with Gasteiger partial charge in [0.1, 0.15) is 12.1 Å². The summed E-state index contributed by atoms with van der Waals surface area (Å²) in [5.74, 6) is 0.381. The van der Waals surface area contributed by atoms with Gasteiger partial charge in [0.15, 0.2) is 0 Å². The normalized spacial score (nSPS) is 14.9. The molecule has 0 saturated carbocycles. The van der Waals surface area contributed by atoms with Gasteiger partial charge in [-0.15, -0.1) is 5.10 Å². The molecule has 0 aliphatic carbocycles. The lowest BCUT2D eigenvalue weighted by atomic mass is 10.1. The SMILES string of the molecule is COc1cc(-n2cnnn2)c(Cl)cc1C(=O)N1CCCN(CCCc2ccccc2)CC1. The first kappa shape index (κ1) is 22.2. The fourth-order valence-corrected chi connectivity index (χ4v) is 4.30. The Labute approximate surface area is 192 Å². The molecule has 0 bridgehead atoms. The summed E-state index contributed by atoms with van der Waals surface area (Å²) >= 11 is 6.45. The van der Waals surface area contributed by atoms with Gasteiger partial charge in [0.2, 0.25) is 0 Å². The standard InChI is InChI=1S/C23H27ClN6O2/c1-32-22-16-21(30-17-25-26-27-30)20(24)15-19(22)23(31)29-12-6-11-28(13-14-29)10-5-9-18-7-3-2-4-8-18/h2-4,7-8,15-17H,5-6,9-14H2,1H3. The molecule has 0 radical (unpaired) electrons. The maximum absolute atomic E-state index is 13.3. The van der Waals surface area contributed by atoms with Gasteiger partial charge in [-0.05, 0) is 54.4 Å². The molecular formula is C23H27ClN6O2. The summed E-state index contributed by atoms with van der Waals surface area (Å²) in [6.07, 6.45) is 4.57. The summed E-state index contributed by atoms with van der Waals surface area (Å²) in [4.78, 5) is 17.6. The first-order chi connectivity index (χ1) is 15.7. The monoisotopic (exact) mass is 454 g/mol. The van der Waals surface area contributed by atoms with Crippen LogP contribution in [-0.2, 0) is 6.42 Å². The van der Waals surface area contributed by atoms with Gasteiger partial charge >= 0.3 is 0 Å². The van der Waals surface area contributed by atoms with Crippen LogP contribution in [0.25, 0.3) is 5.69 Å². The van der Waals surface area contributed by atoms with Gasteiger partial charge in [-0.1, -0.05) is 41.9 Å². The highest BCUT2D eigenvalue weighted by molar-refractivity contribution is 6.33. The molecule has 0 spiro atoms. The average molecular weight is 455 g/mol. The Morgan fingerprint density at radius 1 is 1.12 bits per heavy atom. The minimum Gasteiger partial charge on any atom is -0.496 e. The Bertz CT molecular complexity index is 1030. The van der Waals surface area contributed by atoms with Gasteiger partial charge in [0, 0.05) is 25.7 Å². The number of amides is 1. The number of nitrogens with zero attached hydrogens (tertiary/aromatic N) is 6. The van der Waals surface area contributed by atoms with E-state index in [1.165, 1.54) is 16.6 Å². The number of hydrogen-bond donors (Lipinski definition) is 0. The Balaban J connectivity index is 1.39. The van der Waals surface area contributed by atoms with Crippen LogP contribution in [0.4, 0.5) is 0 Å². The molecule has 4 rings (SSSR count). The van der Waals surface area contributed by atoms with E-state index < -0.39 is 0 Å². The predicted molar refractivity (Wildman–Crippen MR) is 122 cm³/mol. The van der Waals surface area contributed by atoms with Crippen LogP contribution in [0.2, 0.25) is 5.02 Å². The smallest absolute Gasteiger partial charge is 0.257 e. The lowest BCUT2D eigenvalue weighted by Gasteiger charge is -2.23. The van der Waals surface area contributed by atoms with Crippen LogP contribution >= 0.6 is 11.6 Å². The van der Waals surface area contributed by atoms with E-state index in [1.54, 1.807) is 19.2 Å². The Kier molecular flexibility index (Phi) is 7.34. The fourth-order valence-electron chi connectivity index (χ4n) is 4.05. The molecule has 1 aliphatic heterocycles. The number of ether oxygens (including phenoxy) is 1. The molecule has 1 aliphatic rings. The molecule has 2 aromatic carbocycles. The van der Waals surface area contributed by atoms with Gasteiger partial charge in [0.05, 0.1) is 23.4 Å². The van der Waals surface area contributed by atoms with Crippen LogP contribution in [0, 0.1) is 0 Å². The number of benzene rings is 2. The zero-order valence-electron chi connectivity index (χ0n) is 18.2. The molecular weight excluding hydrogens is 428 g/mol. The van der Waals surface area contributed by atoms with E-state index in [2.05, 4.69) is 44.7 Å². The van der Waals surface area contributed by atoms with Crippen LogP contribution in [-0.4, -0.2) is 75.7 Å². The quantitative estimate of drug-likeness (QED) is 0.546. The second kappa shape index (κ2) is 10.6. The molecule has 1 amide bonds. The number of halogens is 1. The van der Waals surface area contributed by atoms with Gasteiger partial charge in [-0.3, -0.25) is 4.79 Å². The van der Waals surface area contributed by atoms with Crippen molar-refractivity contribution in [3.63, 3.8) is 0 Å². The summed E-state index contributed by atoms with van der Waals surface area (Å²) in [7, 11) is 1.54. The molecule has 32 heavy (non-hydrogen) atoms. The molecule has 3 aromatic rings. The summed E-state index contributed by atoms with van der Waals surface area (Å²) < 4.78 is 6.94. The van der Waals surface area contributed by atoms with Crippen molar-refractivity contribution in [1.29, 1.82) is 0 Å². The van der Waals surface area contributed by atoms with E-state index in [4.69, 9.17) is 16.3 Å². The van der Waals surface area contributed by atoms with Crippen molar-refractivity contribution in [3.05, 3.63) is 64.9 Å². The van der Waals surface area contributed by atoms with Crippen molar-refractivity contribution >= 4 is 17.5 Å². The summed E-state index contributed by atoms with van der Waals surface area (Å²) in [6, 6.07) is 13.9. The van der Waals surface area contributed by atoms with E-state index in [0.717, 1.165) is 38.9 Å². The molecule has 0 N–H and O–H groups in total. The van der Waals surface area contributed by atoms with Crippen molar-refractivity contribution < 1.29 is 9.53 Å². The lowest BCUT2D eigenvalue weighted by molar-refractivity contribution is 0.0758. The lowest BCUT2D eigenvalue weighted by Crippen LogP contribution is -2.35. The minimum absolute atomic E-state index is 0.0712. The summed E-state index contributed by atoms with van der Waals surface area (Å²) in [5.41, 5.74) is 2.38. The van der Waals surface area contributed by atoms with Gasteiger partial charge in [-0.2, -0.15) is 4.68 Å². The third-order valence-corrected chi connectivity index (χ3v) is 6.06. The van der Waals surface area contributed by atoms with Crippen molar-refractivity contribution in [3.8, 4) is 11.4 Å². The number of tetrazole rings is 1. The summed E-state index contributed by atoms with van der Waals surface area (Å²) in [6.45, 7) is 4.28. The number of carbonyl (C=O) groups excluding carboxylic acids is 1. The van der Waals surface area contributed by atoms with Crippen LogP contribution in [0.15, 0.2) is 48.8 Å². The number of hydrogen-bond acceptors (Lipinski definition) is 6. The first-order valence-corrected chi connectivity index (χ1v) is 11.2. The third kappa shape index (κ3) is 5.26. The van der Waals surface area contributed by atoms with Gasteiger partial charge < -0.3 is 14.5 Å². The third-order valence-electron chi connectivity index (χ3n) is 5.75. The topological polar surface area (TPSA) is 76.4 Å². The molecule has 8 nitrogen and oxygen atoms in total. The molecule has 0 unspecified atom stereocenters. The highest BCUT2D eigenvalue weighted by Gasteiger charge is 2.24. The number of aryl methyl sites for hydroxylation is 1. The first-order valence-electron chi connectivity index (χ1n) is 10.8. The van der Waals surface area contributed by atoms with E-state index in [-0.39, 0.29) is 5.91 Å². The summed E-state index contributed by atoms with van der Waals surface area (Å²) in [5, 5.41) is 11.5. The molecule has 9 heteroatoms. The number of methoxy groups -OCH3 is 1. The van der Waals surface area contributed by atoms with E-state index in [1.807, 2.05) is 11.0 Å². The zero-order chi connectivity index (χ0) is 22.3. The molecule has 1 saturated heterocycles. The predicted octanol–water partition coefficient (Wildman–Crippen LogP) is 3.11. The highest BCUT2D eigenvalue weighted by atomic mass is 35.5. The van der Waals surface area contributed by atoms with Crippen molar-refractivity contribution in [2.75, 3.05) is 39.8 Å². The van der Waals surface area contributed by atoms with Gasteiger partial charge in [0.25, 0.3) is 5.91 Å². The second-order valence-corrected chi connectivity index (χ2v) is 8.24. The average Bonchev–Trinajstić information content (AvgIpc) is 3.25. The van der Waals surface area contributed by atoms with E-state index in [9.17, 15) is 4.79 Å². The number of rotatable bonds is 7. The van der Waals surface area contributed by atoms with E-state index >= 15 is 0 Å². The van der Waals surface area contributed by atoms with Crippen molar-refractivity contribution in [1.82, 2.24) is 30.0 Å². The van der Waals surface area contributed by atoms with Gasteiger partial charge in [-0.25, -0.2) is 0 Å². The molecule has 168 valence electrons. The Hall–Kier alpha value is -2.97. The molecule has 1 aromatic heterocycles. The Morgan fingerprint density at radius 3 is 2.72 bits per heavy atom. The van der Waals surface area contributed by atoms with Crippen LogP contribution in [0.1, 0.15) is 28.8 Å². The highest BCUT2D eigenvalue weighted by Crippen LogP contribution is 2.30. The molecule has 1 fully saturated rings. The largest absolute Gasteiger partial charge is 0.496 e.